The van der Waals surface area contributed by atoms with Crippen LogP contribution in [0.5, 0.6) is 0 Å². The number of hydrogen-bond donors (Lipinski definition) is 1. The minimum Gasteiger partial charge on any atom is -0.326 e. The van der Waals surface area contributed by atoms with Crippen LogP contribution in [0.3, 0.4) is 0 Å². The summed E-state index contributed by atoms with van der Waals surface area (Å²) in [5.74, 6) is 2.40. The number of benzene rings is 1. The fourth-order valence-electron chi connectivity index (χ4n) is 0.965. The first-order valence-electron chi connectivity index (χ1n) is 4.27. The third-order valence-electron chi connectivity index (χ3n) is 1.72. The van der Waals surface area contributed by atoms with Crippen molar-refractivity contribution in [2.45, 2.75) is 11.4 Å². The first-order chi connectivity index (χ1) is 6.36. The van der Waals surface area contributed by atoms with Gasteiger partial charge in [-0.3, -0.25) is 0 Å². The monoisotopic (exact) mass is 213 g/mol. The standard InChI is InChI=1S/C10H15NS2/c1-12-6-7-13-10-4-2-9(8-11)3-5-10/h2-5H,6-8,11H2,1H3. The molecule has 13 heavy (non-hydrogen) atoms. The summed E-state index contributed by atoms with van der Waals surface area (Å²) in [5.41, 5.74) is 6.71. The molecule has 0 fully saturated rings. The van der Waals surface area contributed by atoms with Gasteiger partial charge in [-0.25, -0.2) is 0 Å². The number of thioether (sulfide) groups is 2. The quantitative estimate of drug-likeness (QED) is 0.601. The molecule has 3 heteroatoms. The zero-order valence-electron chi connectivity index (χ0n) is 7.82. The zero-order chi connectivity index (χ0) is 9.52. The van der Waals surface area contributed by atoms with E-state index in [1.54, 1.807) is 0 Å². The fourth-order valence-corrected chi connectivity index (χ4v) is 2.53. The summed E-state index contributed by atoms with van der Waals surface area (Å²) in [6.45, 7) is 0.635. The van der Waals surface area contributed by atoms with E-state index in [9.17, 15) is 0 Å². The van der Waals surface area contributed by atoms with Crippen molar-refractivity contribution in [3.8, 4) is 0 Å². The minimum atomic E-state index is 0.635. The van der Waals surface area contributed by atoms with Crippen molar-refractivity contribution in [1.29, 1.82) is 0 Å². The molecular formula is C10H15NS2. The SMILES string of the molecule is CSCCSc1ccc(CN)cc1. The molecule has 0 heterocycles. The van der Waals surface area contributed by atoms with Gasteiger partial charge in [0.05, 0.1) is 0 Å². The van der Waals surface area contributed by atoms with Gasteiger partial charge in [0.25, 0.3) is 0 Å². The lowest BCUT2D eigenvalue weighted by Crippen LogP contribution is -1.95. The molecule has 0 aromatic heterocycles. The van der Waals surface area contributed by atoms with Crippen LogP contribution in [-0.2, 0) is 6.54 Å². The van der Waals surface area contributed by atoms with Crippen LogP contribution in [0.2, 0.25) is 0 Å². The Morgan fingerprint density at radius 2 is 1.85 bits per heavy atom. The Hall–Kier alpha value is -0.120. The van der Waals surface area contributed by atoms with Crippen molar-refractivity contribution in [1.82, 2.24) is 0 Å². The summed E-state index contributed by atoms with van der Waals surface area (Å²) in [5, 5.41) is 0. The molecule has 0 saturated heterocycles. The molecule has 2 N–H and O–H groups in total. The second-order valence-electron chi connectivity index (χ2n) is 2.69. The van der Waals surface area contributed by atoms with E-state index in [1.807, 2.05) is 23.5 Å². The van der Waals surface area contributed by atoms with Gasteiger partial charge >= 0.3 is 0 Å². The molecule has 0 saturated carbocycles. The molecule has 0 spiro atoms. The van der Waals surface area contributed by atoms with Gasteiger partial charge in [-0.05, 0) is 24.0 Å². The Bertz CT molecular complexity index is 233. The van der Waals surface area contributed by atoms with E-state index in [0.29, 0.717) is 6.54 Å². The number of rotatable bonds is 5. The molecule has 1 aromatic rings. The van der Waals surface area contributed by atoms with Crippen LogP contribution in [0.1, 0.15) is 5.56 Å². The summed E-state index contributed by atoms with van der Waals surface area (Å²) < 4.78 is 0. The van der Waals surface area contributed by atoms with Crippen molar-refractivity contribution in [2.24, 2.45) is 5.73 Å². The second-order valence-corrected chi connectivity index (χ2v) is 4.84. The van der Waals surface area contributed by atoms with E-state index in [4.69, 9.17) is 5.73 Å². The van der Waals surface area contributed by atoms with Gasteiger partial charge in [0.2, 0.25) is 0 Å². The molecule has 0 aliphatic carbocycles. The predicted octanol–water partition coefficient (Wildman–Crippen LogP) is 2.60. The molecule has 1 rings (SSSR count). The van der Waals surface area contributed by atoms with Crippen LogP contribution in [-0.4, -0.2) is 17.8 Å². The largest absolute Gasteiger partial charge is 0.326 e. The normalized spacial score (nSPS) is 10.3. The lowest BCUT2D eigenvalue weighted by Gasteiger charge is -2.01. The summed E-state index contributed by atoms with van der Waals surface area (Å²) in [6, 6.07) is 8.49. The number of hydrogen-bond acceptors (Lipinski definition) is 3. The fraction of sp³-hybridized carbons (Fsp3) is 0.400. The first-order valence-corrected chi connectivity index (χ1v) is 6.65. The molecule has 0 radical (unpaired) electrons. The van der Waals surface area contributed by atoms with Gasteiger partial charge in [0.1, 0.15) is 0 Å². The molecule has 0 aliphatic heterocycles. The Morgan fingerprint density at radius 1 is 1.15 bits per heavy atom. The average molecular weight is 213 g/mol. The lowest BCUT2D eigenvalue weighted by atomic mass is 10.2. The van der Waals surface area contributed by atoms with Gasteiger partial charge < -0.3 is 5.73 Å². The van der Waals surface area contributed by atoms with E-state index in [1.165, 1.54) is 22.0 Å². The maximum absolute atomic E-state index is 5.51. The average Bonchev–Trinajstić information content (AvgIpc) is 2.19. The predicted molar refractivity (Wildman–Crippen MR) is 63.4 cm³/mol. The highest BCUT2D eigenvalue weighted by Gasteiger charge is 1.93. The molecule has 1 aromatic carbocycles. The first kappa shape index (κ1) is 11.0. The summed E-state index contributed by atoms with van der Waals surface area (Å²) in [7, 11) is 0. The van der Waals surface area contributed by atoms with Gasteiger partial charge in [-0.15, -0.1) is 11.8 Å². The summed E-state index contributed by atoms with van der Waals surface area (Å²) in [4.78, 5) is 1.34. The molecule has 0 amide bonds. The van der Waals surface area contributed by atoms with E-state index in [2.05, 4.69) is 30.5 Å². The van der Waals surface area contributed by atoms with Gasteiger partial charge in [0.15, 0.2) is 0 Å². The van der Waals surface area contributed by atoms with E-state index < -0.39 is 0 Å². The van der Waals surface area contributed by atoms with Gasteiger partial charge in [-0.1, -0.05) is 12.1 Å². The van der Waals surface area contributed by atoms with Gasteiger partial charge in [-0.2, -0.15) is 11.8 Å². The highest BCUT2D eigenvalue weighted by Crippen LogP contribution is 2.18. The third kappa shape index (κ3) is 4.07. The molecule has 0 atom stereocenters. The van der Waals surface area contributed by atoms with Crippen molar-refractivity contribution < 1.29 is 0 Å². The van der Waals surface area contributed by atoms with Crippen molar-refractivity contribution in [2.75, 3.05) is 17.8 Å². The van der Waals surface area contributed by atoms with Crippen LogP contribution in [0, 0.1) is 0 Å². The van der Waals surface area contributed by atoms with Crippen LogP contribution in [0.4, 0.5) is 0 Å². The maximum atomic E-state index is 5.51. The Morgan fingerprint density at radius 3 is 2.38 bits per heavy atom. The Kier molecular flexibility index (Phi) is 5.35. The second kappa shape index (κ2) is 6.35. The highest BCUT2D eigenvalue weighted by molar-refractivity contribution is 8.02. The van der Waals surface area contributed by atoms with Gasteiger partial charge in [0, 0.05) is 22.9 Å². The van der Waals surface area contributed by atoms with E-state index in [0.717, 1.165) is 0 Å². The zero-order valence-corrected chi connectivity index (χ0v) is 9.46. The minimum absolute atomic E-state index is 0.635. The molecule has 0 bridgehead atoms. The molecule has 72 valence electrons. The highest BCUT2D eigenvalue weighted by atomic mass is 32.2. The topological polar surface area (TPSA) is 26.0 Å². The maximum Gasteiger partial charge on any atom is 0.0178 e. The molecule has 1 nitrogen and oxygen atoms in total. The van der Waals surface area contributed by atoms with Crippen LogP contribution in [0.15, 0.2) is 29.2 Å². The third-order valence-corrected chi connectivity index (χ3v) is 3.60. The van der Waals surface area contributed by atoms with Crippen molar-refractivity contribution in [3.63, 3.8) is 0 Å². The van der Waals surface area contributed by atoms with Crippen LogP contribution < -0.4 is 5.73 Å². The van der Waals surface area contributed by atoms with Crippen LogP contribution >= 0.6 is 23.5 Å². The molecular weight excluding hydrogens is 198 g/mol. The van der Waals surface area contributed by atoms with Crippen molar-refractivity contribution >= 4 is 23.5 Å². The number of nitrogens with two attached hydrogens (primary N) is 1. The van der Waals surface area contributed by atoms with E-state index >= 15 is 0 Å². The van der Waals surface area contributed by atoms with Crippen molar-refractivity contribution in [3.05, 3.63) is 29.8 Å². The van der Waals surface area contributed by atoms with E-state index in [-0.39, 0.29) is 0 Å². The van der Waals surface area contributed by atoms with Crippen LogP contribution in [0.25, 0.3) is 0 Å². The summed E-state index contributed by atoms with van der Waals surface area (Å²) in [6.07, 6.45) is 2.14. The molecule has 0 aliphatic rings. The molecule has 0 unspecified atom stereocenters. The summed E-state index contributed by atoms with van der Waals surface area (Å²) >= 11 is 3.79. The Balaban J connectivity index is 2.40. The smallest absolute Gasteiger partial charge is 0.0178 e. The Labute approximate surface area is 88.5 Å². The lowest BCUT2D eigenvalue weighted by molar-refractivity contribution is 1.07.